The Morgan fingerprint density at radius 3 is 2.46 bits per heavy atom. The van der Waals surface area contributed by atoms with Crippen molar-refractivity contribution >= 4 is 38.5 Å². The first-order valence-electron chi connectivity index (χ1n) is 13.4. The van der Waals surface area contributed by atoms with E-state index < -0.39 is 21.7 Å². The first-order valence-corrected chi connectivity index (χ1v) is 15.2. The van der Waals surface area contributed by atoms with E-state index in [1.54, 1.807) is 17.0 Å². The highest BCUT2D eigenvalue weighted by Crippen LogP contribution is 2.42. The van der Waals surface area contributed by atoms with E-state index in [0.29, 0.717) is 46.6 Å². The van der Waals surface area contributed by atoms with E-state index in [1.807, 2.05) is 19.9 Å². The molecule has 2 aromatic heterocycles. The maximum absolute atomic E-state index is 13.7. The number of piperidine rings is 1. The van der Waals surface area contributed by atoms with Gasteiger partial charge in [-0.2, -0.15) is 0 Å². The second-order valence-corrected chi connectivity index (χ2v) is 12.6. The fourth-order valence-corrected chi connectivity index (χ4v) is 5.96. The SMILES string of the molecule is CNC(=O)c1c(-c2ccc(F)cc2)oc2cc(N(C)S(C)(=O)=O)c(C3CCCN(C(=O)c4cc(C)c(C)[nH]4)C3)cc12. The number of halogens is 1. The number of aromatic nitrogens is 1. The quantitative estimate of drug-likeness (QED) is 0.335. The number of benzene rings is 2. The number of amides is 2. The van der Waals surface area contributed by atoms with Crippen molar-refractivity contribution in [3.05, 3.63) is 76.4 Å². The molecule has 0 bridgehead atoms. The largest absolute Gasteiger partial charge is 0.455 e. The Labute approximate surface area is 238 Å². The van der Waals surface area contributed by atoms with Gasteiger partial charge in [0.1, 0.15) is 22.9 Å². The lowest BCUT2D eigenvalue weighted by molar-refractivity contribution is 0.0701. The molecule has 0 saturated carbocycles. The van der Waals surface area contributed by atoms with Crippen LogP contribution in [-0.4, -0.2) is 63.6 Å². The number of aryl methyl sites for hydroxylation is 2. The first kappa shape index (κ1) is 28.4. The number of likely N-dealkylation sites (tertiary alicyclic amines) is 1. The van der Waals surface area contributed by atoms with Gasteiger partial charge in [-0.15, -0.1) is 0 Å². The second-order valence-electron chi connectivity index (χ2n) is 10.6. The molecule has 0 spiro atoms. The molecule has 41 heavy (non-hydrogen) atoms. The van der Waals surface area contributed by atoms with Gasteiger partial charge in [0.05, 0.1) is 17.5 Å². The summed E-state index contributed by atoms with van der Waals surface area (Å²) >= 11 is 0. The summed E-state index contributed by atoms with van der Waals surface area (Å²) in [6.07, 6.45) is 2.57. The van der Waals surface area contributed by atoms with Gasteiger partial charge >= 0.3 is 0 Å². The second kappa shape index (κ2) is 10.7. The number of H-pyrrole nitrogens is 1. The number of nitrogens with one attached hydrogen (secondary N) is 2. The number of anilines is 1. The summed E-state index contributed by atoms with van der Waals surface area (Å²) < 4.78 is 46.4. The lowest BCUT2D eigenvalue weighted by Gasteiger charge is -2.34. The number of rotatable bonds is 6. The Bertz CT molecular complexity index is 1740. The van der Waals surface area contributed by atoms with Gasteiger partial charge < -0.3 is 19.6 Å². The first-order chi connectivity index (χ1) is 19.4. The third-order valence-electron chi connectivity index (χ3n) is 7.89. The summed E-state index contributed by atoms with van der Waals surface area (Å²) in [7, 11) is -0.674. The average molecular weight is 581 g/mol. The molecule has 5 rings (SSSR count). The summed E-state index contributed by atoms with van der Waals surface area (Å²) in [6.45, 7) is 4.82. The number of carbonyl (C=O) groups is 2. The number of fused-ring (bicyclic) bond motifs is 1. The summed E-state index contributed by atoms with van der Waals surface area (Å²) in [4.78, 5) is 31.5. The topological polar surface area (TPSA) is 116 Å². The molecule has 0 aliphatic carbocycles. The lowest BCUT2D eigenvalue weighted by atomic mass is 9.88. The van der Waals surface area contributed by atoms with Crippen molar-refractivity contribution in [1.82, 2.24) is 15.2 Å². The molecule has 1 aliphatic heterocycles. The lowest BCUT2D eigenvalue weighted by Crippen LogP contribution is -2.39. The van der Waals surface area contributed by atoms with Gasteiger partial charge in [-0.3, -0.25) is 13.9 Å². The van der Waals surface area contributed by atoms with Gasteiger partial charge in [-0.25, -0.2) is 12.8 Å². The van der Waals surface area contributed by atoms with Gasteiger partial charge in [0.25, 0.3) is 11.8 Å². The van der Waals surface area contributed by atoms with Gasteiger partial charge in [0.2, 0.25) is 10.0 Å². The molecule has 9 nitrogen and oxygen atoms in total. The van der Waals surface area contributed by atoms with Crippen LogP contribution in [0, 0.1) is 19.7 Å². The third-order valence-corrected chi connectivity index (χ3v) is 9.08. The molecular formula is C30H33FN4O5S. The zero-order valence-electron chi connectivity index (χ0n) is 23.7. The molecule has 4 aromatic rings. The maximum Gasteiger partial charge on any atom is 0.270 e. The zero-order chi connectivity index (χ0) is 29.6. The van der Waals surface area contributed by atoms with Crippen molar-refractivity contribution in [3.63, 3.8) is 0 Å². The Balaban J connectivity index is 1.66. The Morgan fingerprint density at radius 2 is 1.85 bits per heavy atom. The zero-order valence-corrected chi connectivity index (χ0v) is 24.5. The van der Waals surface area contributed by atoms with Crippen LogP contribution in [0.1, 0.15) is 56.4 Å². The molecule has 1 aliphatic rings. The fourth-order valence-electron chi connectivity index (χ4n) is 5.44. The Hall–Kier alpha value is -4.12. The molecule has 2 N–H and O–H groups in total. The molecule has 1 fully saturated rings. The highest BCUT2D eigenvalue weighted by molar-refractivity contribution is 7.92. The summed E-state index contributed by atoms with van der Waals surface area (Å²) in [5.41, 5.74) is 4.65. The van der Waals surface area contributed by atoms with Crippen molar-refractivity contribution in [2.24, 2.45) is 0 Å². The van der Waals surface area contributed by atoms with E-state index in [9.17, 15) is 22.4 Å². The average Bonchev–Trinajstić information content (AvgIpc) is 3.49. The van der Waals surface area contributed by atoms with Crippen LogP contribution in [0.5, 0.6) is 0 Å². The van der Waals surface area contributed by atoms with Crippen LogP contribution in [0.3, 0.4) is 0 Å². The Kier molecular flexibility index (Phi) is 7.41. The standard InChI is InChI=1S/C30H33FN4O5S/c1-17-13-24(33-18(17)2)30(37)35-12-6-7-20(16-35)22-14-23-26(15-25(22)34(4)41(5,38)39)40-28(27(23)29(36)32-3)19-8-10-21(31)11-9-19/h8-11,13-15,20,33H,6-7,12,16H2,1-5H3,(H,32,36). The van der Waals surface area contributed by atoms with Crippen LogP contribution < -0.4 is 9.62 Å². The highest BCUT2D eigenvalue weighted by Gasteiger charge is 2.32. The number of aromatic amines is 1. The smallest absolute Gasteiger partial charge is 0.270 e. The number of sulfonamides is 1. The minimum absolute atomic E-state index is 0.113. The fraction of sp³-hybridized carbons (Fsp3) is 0.333. The number of hydrogen-bond donors (Lipinski definition) is 2. The molecule has 0 radical (unpaired) electrons. The predicted molar refractivity (Wildman–Crippen MR) is 156 cm³/mol. The van der Waals surface area contributed by atoms with Crippen molar-refractivity contribution < 1.29 is 26.8 Å². The van der Waals surface area contributed by atoms with E-state index in [4.69, 9.17) is 4.42 Å². The van der Waals surface area contributed by atoms with Crippen LogP contribution in [0.4, 0.5) is 10.1 Å². The van der Waals surface area contributed by atoms with Crippen LogP contribution in [-0.2, 0) is 10.0 Å². The molecule has 11 heteroatoms. The molecular weight excluding hydrogens is 547 g/mol. The van der Waals surface area contributed by atoms with E-state index in [-0.39, 0.29) is 23.1 Å². The number of furan rings is 1. The van der Waals surface area contributed by atoms with Crippen LogP contribution in [0.25, 0.3) is 22.3 Å². The normalized spacial score (nSPS) is 15.8. The maximum atomic E-state index is 13.7. The molecule has 1 atom stereocenters. The van der Waals surface area contributed by atoms with Gasteiger partial charge in [0.15, 0.2) is 0 Å². The number of nitrogens with zero attached hydrogens (tertiary/aromatic N) is 2. The molecule has 2 amide bonds. The van der Waals surface area contributed by atoms with Crippen LogP contribution >= 0.6 is 0 Å². The highest BCUT2D eigenvalue weighted by atomic mass is 32.2. The van der Waals surface area contributed by atoms with E-state index in [0.717, 1.165) is 30.4 Å². The summed E-state index contributed by atoms with van der Waals surface area (Å²) in [6, 6.07) is 10.9. The number of hydrogen-bond acceptors (Lipinski definition) is 5. The van der Waals surface area contributed by atoms with Crippen molar-refractivity contribution in [1.29, 1.82) is 0 Å². The number of carbonyl (C=O) groups excluding carboxylic acids is 2. The van der Waals surface area contributed by atoms with E-state index >= 15 is 0 Å². The van der Waals surface area contributed by atoms with Gasteiger partial charge in [-0.1, -0.05) is 0 Å². The monoisotopic (exact) mass is 580 g/mol. The summed E-state index contributed by atoms with van der Waals surface area (Å²) in [5, 5.41) is 3.16. The van der Waals surface area contributed by atoms with Gasteiger partial charge in [-0.05, 0) is 74.2 Å². The molecule has 2 aromatic carbocycles. The molecule has 3 heterocycles. The van der Waals surface area contributed by atoms with E-state index in [2.05, 4.69) is 10.3 Å². The Morgan fingerprint density at radius 1 is 1.15 bits per heavy atom. The van der Waals surface area contributed by atoms with Crippen molar-refractivity contribution in [2.75, 3.05) is 37.7 Å². The van der Waals surface area contributed by atoms with Crippen LogP contribution in [0.15, 0.2) is 46.9 Å². The molecule has 216 valence electrons. The minimum Gasteiger partial charge on any atom is -0.455 e. The van der Waals surface area contributed by atoms with Crippen molar-refractivity contribution in [3.8, 4) is 11.3 Å². The van der Waals surface area contributed by atoms with E-state index in [1.165, 1.54) is 42.7 Å². The van der Waals surface area contributed by atoms with Crippen LogP contribution in [0.2, 0.25) is 0 Å². The van der Waals surface area contributed by atoms with Gasteiger partial charge in [0, 0.05) is 55.8 Å². The van der Waals surface area contributed by atoms with Crippen molar-refractivity contribution in [2.45, 2.75) is 32.6 Å². The third kappa shape index (κ3) is 5.33. The molecule has 1 saturated heterocycles. The molecule has 1 unspecified atom stereocenters. The predicted octanol–water partition coefficient (Wildman–Crippen LogP) is 4.96. The minimum atomic E-state index is -3.66. The summed E-state index contributed by atoms with van der Waals surface area (Å²) in [5.74, 6) is -0.876.